The van der Waals surface area contributed by atoms with Crippen molar-refractivity contribution in [2.45, 2.75) is 33.2 Å². The molecule has 1 fully saturated rings. The van der Waals surface area contributed by atoms with E-state index in [4.69, 9.17) is 0 Å². The van der Waals surface area contributed by atoms with Crippen molar-refractivity contribution in [3.05, 3.63) is 36.5 Å². The van der Waals surface area contributed by atoms with Crippen LogP contribution in [-0.4, -0.2) is 40.9 Å². The summed E-state index contributed by atoms with van der Waals surface area (Å²) in [6.45, 7) is 6.99. The van der Waals surface area contributed by atoms with Gasteiger partial charge in [-0.05, 0) is 29.9 Å². The predicted molar refractivity (Wildman–Crippen MR) is 99.1 cm³/mol. The van der Waals surface area contributed by atoms with E-state index < -0.39 is 0 Å². The van der Waals surface area contributed by atoms with E-state index in [0.29, 0.717) is 25.4 Å². The number of rotatable bonds is 7. The molecule has 3 rings (SSSR count). The Kier molecular flexibility index (Phi) is 5.41. The van der Waals surface area contributed by atoms with E-state index in [2.05, 4.69) is 48.1 Å². The second-order valence-electron chi connectivity index (χ2n) is 7.31. The third-order valence-electron chi connectivity index (χ3n) is 4.73. The molecule has 5 heteroatoms. The standard InChI is InChI=1S/C20H27N3O2/c1-15(2)13-23-14-17(12-19(23)24)20(25)21-9-5-10-22-11-8-16-6-3-4-7-18(16)22/h3-4,6-8,11,15,17H,5,9-10,12-14H2,1-2H3,(H,21,25)/t17-/m0/s1. The van der Waals surface area contributed by atoms with Crippen LogP contribution >= 0.6 is 0 Å². The van der Waals surface area contributed by atoms with Gasteiger partial charge in [0.15, 0.2) is 0 Å². The molecule has 1 aliphatic rings. The van der Waals surface area contributed by atoms with Gasteiger partial charge in [0, 0.05) is 44.3 Å². The van der Waals surface area contributed by atoms with Crippen LogP contribution in [0.2, 0.25) is 0 Å². The number of para-hydroxylation sites is 1. The highest BCUT2D eigenvalue weighted by atomic mass is 16.2. The monoisotopic (exact) mass is 341 g/mol. The molecule has 0 bridgehead atoms. The van der Waals surface area contributed by atoms with E-state index >= 15 is 0 Å². The Hall–Kier alpha value is -2.30. The van der Waals surface area contributed by atoms with Gasteiger partial charge in [-0.3, -0.25) is 9.59 Å². The minimum Gasteiger partial charge on any atom is -0.356 e. The van der Waals surface area contributed by atoms with Crippen molar-refractivity contribution in [2.24, 2.45) is 11.8 Å². The van der Waals surface area contributed by atoms with E-state index in [0.717, 1.165) is 19.5 Å². The number of nitrogens with one attached hydrogen (secondary N) is 1. The Morgan fingerprint density at radius 1 is 1.28 bits per heavy atom. The lowest BCUT2D eigenvalue weighted by molar-refractivity contribution is -0.129. The minimum absolute atomic E-state index is 0.0111. The summed E-state index contributed by atoms with van der Waals surface area (Å²) in [6, 6.07) is 10.4. The fourth-order valence-corrected chi connectivity index (χ4v) is 3.51. The average Bonchev–Trinajstić information content (AvgIpc) is 3.15. The molecule has 0 unspecified atom stereocenters. The van der Waals surface area contributed by atoms with E-state index in [1.807, 2.05) is 17.0 Å². The normalized spacial score (nSPS) is 17.6. The highest BCUT2D eigenvalue weighted by Crippen LogP contribution is 2.19. The number of carbonyl (C=O) groups is 2. The van der Waals surface area contributed by atoms with E-state index in [-0.39, 0.29) is 17.7 Å². The second kappa shape index (κ2) is 7.72. The number of fused-ring (bicyclic) bond motifs is 1. The number of carbonyl (C=O) groups excluding carboxylic acids is 2. The van der Waals surface area contributed by atoms with Crippen molar-refractivity contribution < 1.29 is 9.59 Å². The number of aryl methyl sites for hydroxylation is 1. The highest BCUT2D eigenvalue weighted by Gasteiger charge is 2.34. The fourth-order valence-electron chi connectivity index (χ4n) is 3.51. The Bertz CT molecular complexity index is 750. The first-order valence-electron chi connectivity index (χ1n) is 9.14. The molecule has 0 saturated carbocycles. The van der Waals surface area contributed by atoms with Gasteiger partial charge in [0.05, 0.1) is 5.92 Å². The summed E-state index contributed by atoms with van der Waals surface area (Å²) in [4.78, 5) is 26.1. The minimum atomic E-state index is -0.196. The van der Waals surface area contributed by atoms with Crippen LogP contribution in [0, 0.1) is 11.8 Å². The first-order chi connectivity index (χ1) is 12.0. The Balaban J connectivity index is 1.43. The van der Waals surface area contributed by atoms with Crippen molar-refractivity contribution in [1.82, 2.24) is 14.8 Å². The average molecular weight is 341 g/mol. The lowest BCUT2D eigenvalue weighted by Gasteiger charge is -2.18. The lowest BCUT2D eigenvalue weighted by Crippen LogP contribution is -2.34. The zero-order valence-electron chi connectivity index (χ0n) is 15.1. The van der Waals surface area contributed by atoms with Gasteiger partial charge in [-0.15, -0.1) is 0 Å². The highest BCUT2D eigenvalue weighted by molar-refractivity contribution is 5.89. The molecule has 1 aliphatic heterocycles. The van der Waals surface area contributed by atoms with Crippen LogP contribution in [0.1, 0.15) is 26.7 Å². The number of nitrogens with zero attached hydrogens (tertiary/aromatic N) is 2. The third-order valence-corrected chi connectivity index (χ3v) is 4.73. The molecule has 25 heavy (non-hydrogen) atoms. The number of amides is 2. The molecule has 0 radical (unpaired) electrons. The van der Waals surface area contributed by atoms with E-state index in [1.165, 1.54) is 10.9 Å². The van der Waals surface area contributed by atoms with Crippen molar-refractivity contribution in [3.63, 3.8) is 0 Å². The number of hydrogen-bond donors (Lipinski definition) is 1. The van der Waals surface area contributed by atoms with Gasteiger partial charge in [-0.2, -0.15) is 0 Å². The Morgan fingerprint density at radius 3 is 2.88 bits per heavy atom. The van der Waals surface area contributed by atoms with Crippen molar-refractivity contribution in [3.8, 4) is 0 Å². The summed E-state index contributed by atoms with van der Waals surface area (Å²) in [5.41, 5.74) is 1.22. The first-order valence-corrected chi connectivity index (χ1v) is 9.14. The molecule has 134 valence electrons. The zero-order valence-corrected chi connectivity index (χ0v) is 15.1. The largest absolute Gasteiger partial charge is 0.356 e. The zero-order chi connectivity index (χ0) is 17.8. The van der Waals surface area contributed by atoms with Gasteiger partial charge < -0.3 is 14.8 Å². The number of likely N-dealkylation sites (tertiary alicyclic amines) is 1. The van der Waals surface area contributed by atoms with Gasteiger partial charge in [0.2, 0.25) is 11.8 Å². The summed E-state index contributed by atoms with van der Waals surface area (Å²) in [5, 5.41) is 4.24. The first kappa shape index (κ1) is 17.5. The van der Waals surface area contributed by atoms with Crippen LogP contribution in [0.15, 0.2) is 36.5 Å². The molecule has 1 N–H and O–H groups in total. The lowest BCUT2D eigenvalue weighted by atomic mass is 10.1. The molecule has 0 aliphatic carbocycles. The summed E-state index contributed by atoms with van der Waals surface area (Å²) in [7, 11) is 0. The van der Waals surface area contributed by atoms with Crippen molar-refractivity contribution in [2.75, 3.05) is 19.6 Å². The number of hydrogen-bond acceptors (Lipinski definition) is 2. The Morgan fingerprint density at radius 2 is 2.08 bits per heavy atom. The van der Waals surface area contributed by atoms with Gasteiger partial charge in [-0.25, -0.2) is 0 Å². The van der Waals surface area contributed by atoms with Crippen LogP contribution in [0.3, 0.4) is 0 Å². The molecule has 5 nitrogen and oxygen atoms in total. The van der Waals surface area contributed by atoms with Crippen LogP contribution in [0.5, 0.6) is 0 Å². The molecular formula is C20H27N3O2. The molecule has 1 atom stereocenters. The smallest absolute Gasteiger partial charge is 0.225 e. The van der Waals surface area contributed by atoms with E-state index in [9.17, 15) is 9.59 Å². The molecule has 1 aromatic carbocycles. The summed E-state index contributed by atoms with van der Waals surface area (Å²) >= 11 is 0. The maximum Gasteiger partial charge on any atom is 0.225 e. The van der Waals surface area contributed by atoms with Gasteiger partial charge in [-0.1, -0.05) is 32.0 Å². The van der Waals surface area contributed by atoms with Crippen molar-refractivity contribution in [1.29, 1.82) is 0 Å². The molecule has 1 saturated heterocycles. The molecule has 1 aromatic heterocycles. The van der Waals surface area contributed by atoms with Crippen LogP contribution in [0.4, 0.5) is 0 Å². The molecule has 0 spiro atoms. The van der Waals surface area contributed by atoms with Crippen LogP contribution < -0.4 is 5.32 Å². The van der Waals surface area contributed by atoms with Gasteiger partial charge >= 0.3 is 0 Å². The molecule has 2 aromatic rings. The number of benzene rings is 1. The third kappa shape index (κ3) is 4.21. The summed E-state index contributed by atoms with van der Waals surface area (Å²) in [6.07, 6.45) is 3.31. The van der Waals surface area contributed by atoms with Crippen LogP contribution in [0.25, 0.3) is 10.9 Å². The van der Waals surface area contributed by atoms with E-state index in [1.54, 1.807) is 0 Å². The fraction of sp³-hybridized carbons (Fsp3) is 0.500. The maximum absolute atomic E-state index is 12.3. The van der Waals surface area contributed by atoms with Gasteiger partial charge in [0.25, 0.3) is 0 Å². The molecule has 2 amide bonds. The van der Waals surface area contributed by atoms with Crippen molar-refractivity contribution >= 4 is 22.7 Å². The summed E-state index contributed by atoms with van der Waals surface area (Å²) < 4.78 is 2.21. The quantitative estimate of drug-likeness (QED) is 0.787. The SMILES string of the molecule is CC(C)CN1C[C@@H](C(=O)NCCCn2ccc3ccccc32)CC1=O. The number of aromatic nitrogens is 1. The maximum atomic E-state index is 12.3. The molecule has 2 heterocycles. The Labute approximate surface area is 149 Å². The molecular weight excluding hydrogens is 314 g/mol. The van der Waals surface area contributed by atoms with Gasteiger partial charge in [0.1, 0.15) is 0 Å². The predicted octanol–water partition coefficient (Wildman–Crippen LogP) is 2.65. The second-order valence-corrected chi connectivity index (χ2v) is 7.31. The topological polar surface area (TPSA) is 54.3 Å². The summed E-state index contributed by atoms with van der Waals surface area (Å²) in [5.74, 6) is 0.352. The van der Waals surface area contributed by atoms with Crippen LogP contribution in [-0.2, 0) is 16.1 Å².